The number of aromatic nitrogens is 2. The van der Waals surface area contributed by atoms with Gasteiger partial charge in [-0.1, -0.05) is 13.8 Å². The molecule has 0 aliphatic rings. The molecular formula is C10H16N4O3. The van der Waals surface area contributed by atoms with Gasteiger partial charge in [-0.15, -0.1) is 0 Å². The number of ether oxygens (including phenoxy) is 1. The maximum absolute atomic E-state index is 10.7. The van der Waals surface area contributed by atoms with E-state index in [4.69, 9.17) is 4.74 Å². The first-order valence-corrected chi connectivity index (χ1v) is 5.57. The van der Waals surface area contributed by atoms with E-state index in [9.17, 15) is 10.1 Å². The van der Waals surface area contributed by atoms with Crippen molar-refractivity contribution in [1.29, 1.82) is 0 Å². The number of nitrogens with zero attached hydrogens (tertiary/aromatic N) is 3. The monoisotopic (exact) mass is 240 g/mol. The van der Waals surface area contributed by atoms with Crippen LogP contribution in [0, 0.1) is 10.1 Å². The number of rotatable bonds is 7. The predicted octanol–water partition coefficient (Wildman–Crippen LogP) is 2.00. The Bertz CT molecular complexity index is 384. The minimum absolute atomic E-state index is 0.0189. The van der Waals surface area contributed by atoms with Crippen molar-refractivity contribution in [2.45, 2.75) is 26.7 Å². The first-order valence-electron chi connectivity index (χ1n) is 5.57. The highest BCUT2D eigenvalue weighted by Crippen LogP contribution is 2.24. The third-order valence-corrected chi connectivity index (χ3v) is 1.91. The largest absolute Gasteiger partial charge is 0.473 e. The van der Waals surface area contributed by atoms with Crippen LogP contribution in [0.4, 0.5) is 11.6 Å². The standard InChI is InChI=1S/C10H16N4O3/c1-3-5-11-10-12-7-8(14(15)16)9(13-10)17-6-4-2/h7H,3-6H2,1-2H3,(H,11,12,13). The fraction of sp³-hybridized carbons (Fsp3) is 0.600. The molecule has 0 fully saturated rings. The number of anilines is 1. The molecule has 7 heteroatoms. The second-order valence-corrected chi connectivity index (χ2v) is 3.42. The SMILES string of the molecule is CCCNc1ncc([N+](=O)[O-])c(OCCC)n1. The molecule has 0 saturated carbocycles. The molecule has 0 saturated heterocycles. The Labute approximate surface area is 99.4 Å². The van der Waals surface area contributed by atoms with Gasteiger partial charge in [0.1, 0.15) is 6.20 Å². The molecule has 0 aromatic carbocycles. The van der Waals surface area contributed by atoms with Gasteiger partial charge in [-0.05, 0) is 12.8 Å². The van der Waals surface area contributed by atoms with Crippen LogP contribution in [0.2, 0.25) is 0 Å². The lowest BCUT2D eigenvalue weighted by Gasteiger charge is -2.06. The van der Waals surface area contributed by atoms with Crippen LogP contribution < -0.4 is 10.1 Å². The zero-order valence-electron chi connectivity index (χ0n) is 9.97. The molecule has 1 aromatic heterocycles. The van der Waals surface area contributed by atoms with Crippen LogP contribution in [0.25, 0.3) is 0 Å². The quantitative estimate of drug-likeness (QED) is 0.579. The molecule has 1 N–H and O–H groups in total. The summed E-state index contributed by atoms with van der Waals surface area (Å²) in [6, 6.07) is 0. The Morgan fingerprint density at radius 1 is 1.47 bits per heavy atom. The molecule has 0 spiro atoms. The van der Waals surface area contributed by atoms with E-state index < -0.39 is 4.92 Å². The van der Waals surface area contributed by atoms with Crippen molar-refractivity contribution in [1.82, 2.24) is 9.97 Å². The van der Waals surface area contributed by atoms with E-state index in [0.717, 1.165) is 19.0 Å². The average molecular weight is 240 g/mol. The molecule has 1 aromatic rings. The van der Waals surface area contributed by atoms with E-state index in [1.54, 1.807) is 0 Å². The van der Waals surface area contributed by atoms with Gasteiger partial charge < -0.3 is 10.1 Å². The second kappa shape index (κ2) is 6.62. The molecule has 1 rings (SSSR count). The minimum Gasteiger partial charge on any atom is -0.473 e. The lowest BCUT2D eigenvalue weighted by Crippen LogP contribution is -2.08. The highest BCUT2D eigenvalue weighted by Gasteiger charge is 2.18. The summed E-state index contributed by atoms with van der Waals surface area (Å²) < 4.78 is 5.24. The molecule has 0 radical (unpaired) electrons. The first kappa shape index (κ1) is 13.1. The van der Waals surface area contributed by atoms with Gasteiger partial charge in [0.15, 0.2) is 0 Å². The summed E-state index contributed by atoms with van der Waals surface area (Å²) in [6.07, 6.45) is 2.85. The third kappa shape index (κ3) is 3.86. The molecule has 1 heterocycles. The fourth-order valence-electron chi connectivity index (χ4n) is 1.11. The van der Waals surface area contributed by atoms with Crippen molar-refractivity contribution in [2.24, 2.45) is 0 Å². The molecular weight excluding hydrogens is 224 g/mol. The molecule has 0 bridgehead atoms. The molecule has 0 atom stereocenters. The van der Waals surface area contributed by atoms with Crippen LogP contribution in [-0.4, -0.2) is 28.0 Å². The highest BCUT2D eigenvalue weighted by atomic mass is 16.6. The zero-order chi connectivity index (χ0) is 12.7. The molecule has 0 aliphatic heterocycles. The van der Waals surface area contributed by atoms with Crippen molar-refractivity contribution < 1.29 is 9.66 Å². The maximum atomic E-state index is 10.7. The smallest absolute Gasteiger partial charge is 0.349 e. The van der Waals surface area contributed by atoms with Gasteiger partial charge in [0.2, 0.25) is 5.95 Å². The Morgan fingerprint density at radius 2 is 2.24 bits per heavy atom. The Morgan fingerprint density at radius 3 is 2.82 bits per heavy atom. The third-order valence-electron chi connectivity index (χ3n) is 1.91. The molecule has 17 heavy (non-hydrogen) atoms. The summed E-state index contributed by atoms with van der Waals surface area (Å²) in [7, 11) is 0. The lowest BCUT2D eigenvalue weighted by molar-refractivity contribution is -0.386. The zero-order valence-corrected chi connectivity index (χ0v) is 9.97. The van der Waals surface area contributed by atoms with Crippen molar-refractivity contribution in [2.75, 3.05) is 18.5 Å². The predicted molar refractivity (Wildman–Crippen MR) is 63.3 cm³/mol. The lowest BCUT2D eigenvalue weighted by atomic mass is 10.5. The van der Waals surface area contributed by atoms with Gasteiger partial charge in [0.05, 0.1) is 11.5 Å². The van der Waals surface area contributed by atoms with E-state index in [0.29, 0.717) is 19.1 Å². The molecule has 0 unspecified atom stereocenters. The first-order chi connectivity index (χ1) is 8.19. The van der Waals surface area contributed by atoms with Gasteiger partial charge >= 0.3 is 5.69 Å². The van der Waals surface area contributed by atoms with E-state index in [1.807, 2.05) is 13.8 Å². The summed E-state index contributed by atoms with van der Waals surface area (Å²) in [5, 5.41) is 13.7. The van der Waals surface area contributed by atoms with Crippen LogP contribution >= 0.6 is 0 Å². The Hall–Kier alpha value is -1.92. The van der Waals surface area contributed by atoms with Crippen LogP contribution in [0.15, 0.2) is 6.20 Å². The number of hydrogen-bond donors (Lipinski definition) is 1. The van der Waals surface area contributed by atoms with E-state index in [1.165, 1.54) is 0 Å². The molecule has 0 aliphatic carbocycles. The fourth-order valence-corrected chi connectivity index (χ4v) is 1.11. The van der Waals surface area contributed by atoms with Crippen molar-refractivity contribution in [3.63, 3.8) is 0 Å². The van der Waals surface area contributed by atoms with Crippen LogP contribution in [-0.2, 0) is 0 Å². The number of nitrogens with one attached hydrogen (secondary N) is 1. The molecule has 0 amide bonds. The van der Waals surface area contributed by atoms with Crippen LogP contribution in [0.1, 0.15) is 26.7 Å². The van der Waals surface area contributed by atoms with Gasteiger partial charge in [-0.2, -0.15) is 4.98 Å². The topological polar surface area (TPSA) is 90.2 Å². The summed E-state index contributed by atoms with van der Waals surface area (Å²) in [4.78, 5) is 18.0. The van der Waals surface area contributed by atoms with Crippen molar-refractivity contribution in [3.05, 3.63) is 16.3 Å². The Balaban J connectivity index is 2.88. The number of nitro groups is 1. The van der Waals surface area contributed by atoms with Gasteiger partial charge in [-0.25, -0.2) is 4.98 Å². The molecule has 7 nitrogen and oxygen atoms in total. The van der Waals surface area contributed by atoms with Gasteiger partial charge in [-0.3, -0.25) is 10.1 Å². The normalized spacial score (nSPS) is 10.0. The minimum atomic E-state index is -0.547. The van der Waals surface area contributed by atoms with E-state index in [-0.39, 0.29) is 11.6 Å². The Kier molecular flexibility index (Phi) is 5.12. The number of hydrogen-bond acceptors (Lipinski definition) is 6. The van der Waals surface area contributed by atoms with Gasteiger partial charge in [0.25, 0.3) is 5.88 Å². The summed E-state index contributed by atoms with van der Waals surface area (Å²) in [5.74, 6) is 0.369. The van der Waals surface area contributed by atoms with Crippen molar-refractivity contribution in [3.8, 4) is 5.88 Å². The molecule has 94 valence electrons. The summed E-state index contributed by atoms with van der Waals surface area (Å²) in [5.41, 5.74) is -0.208. The highest BCUT2D eigenvalue weighted by molar-refractivity contribution is 5.43. The average Bonchev–Trinajstić information content (AvgIpc) is 2.33. The maximum Gasteiger partial charge on any atom is 0.349 e. The van der Waals surface area contributed by atoms with Crippen molar-refractivity contribution >= 4 is 11.6 Å². The second-order valence-electron chi connectivity index (χ2n) is 3.42. The summed E-state index contributed by atoms with van der Waals surface area (Å²) in [6.45, 7) is 5.03. The van der Waals surface area contributed by atoms with E-state index in [2.05, 4.69) is 15.3 Å². The van der Waals surface area contributed by atoms with Gasteiger partial charge in [0, 0.05) is 6.54 Å². The summed E-state index contributed by atoms with van der Waals surface area (Å²) >= 11 is 0. The van der Waals surface area contributed by atoms with Crippen LogP contribution in [0.5, 0.6) is 5.88 Å². The van der Waals surface area contributed by atoms with Crippen LogP contribution in [0.3, 0.4) is 0 Å². The van der Waals surface area contributed by atoms with E-state index >= 15 is 0 Å².